The Balaban J connectivity index is 1.90. The molecule has 0 radical (unpaired) electrons. The summed E-state index contributed by atoms with van der Waals surface area (Å²) in [6, 6.07) is 6.25. The quantitative estimate of drug-likeness (QED) is 0.797. The van der Waals surface area contributed by atoms with Crippen LogP contribution in [-0.2, 0) is 16.0 Å². The zero-order valence-corrected chi connectivity index (χ0v) is 10.7. The summed E-state index contributed by atoms with van der Waals surface area (Å²) >= 11 is 0. The fourth-order valence-electron chi connectivity index (χ4n) is 2.27. The molecule has 0 N–H and O–H groups in total. The molecule has 0 spiro atoms. The van der Waals surface area contributed by atoms with E-state index < -0.39 is 0 Å². The van der Waals surface area contributed by atoms with Gasteiger partial charge in [0.05, 0.1) is 6.10 Å². The Morgan fingerprint density at radius 2 is 2.18 bits per heavy atom. The van der Waals surface area contributed by atoms with E-state index in [1.165, 1.54) is 11.1 Å². The van der Waals surface area contributed by atoms with Crippen molar-refractivity contribution in [3.63, 3.8) is 0 Å². The minimum Gasteiger partial charge on any atom is -0.378 e. The summed E-state index contributed by atoms with van der Waals surface area (Å²) < 4.78 is 5.48. The van der Waals surface area contributed by atoms with E-state index in [0.717, 1.165) is 25.0 Å². The SMILES string of the molecule is Cc1ccc(CC(=O)CC2CCCO2)cc1C. The molecule has 1 unspecified atom stereocenters. The second-order valence-electron chi connectivity index (χ2n) is 4.97. The van der Waals surface area contributed by atoms with Gasteiger partial charge >= 0.3 is 0 Å². The Morgan fingerprint density at radius 3 is 2.82 bits per heavy atom. The molecule has 1 aromatic carbocycles. The third-order valence-corrected chi connectivity index (χ3v) is 3.45. The second kappa shape index (κ2) is 5.46. The van der Waals surface area contributed by atoms with Crippen molar-refractivity contribution in [1.29, 1.82) is 0 Å². The van der Waals surface area contributed by atoms with E-state index in [0.29, 0.717) is 18.6 Å². The Kier molecular flexibility index (Phi) is 3.95. The second-order valence-corrected chi connectivity index (χ2v) is 4.97. The van der Waals surface area contributed by atoms with Crippen LogP contribution in [-0.4, -0.2) is 18.5 Å². The van der Waals surface area contributed by atoms with Gasteiger partial charge in [0.15, 0.2) is 0 Å². The molecule has 0 aromatic heterocycles. The predicted molar refractivity (Wildman–Crippen MR) is 68.2 cm³/mol. The molecule has 17 heavy (non-hydrogen) atoms. The Hall–Kier alpha value is -1.15. The van der Waals surface area contributed by atoms with Gasteiger partial charge in [-0.15, -0.1) is 0 Å². The van der Waals surface area contributed by atoms with E-state index in [1.54, 1.807) is 0 Å². The Labute approximate surface area is 103 Å². The van der Waals surface area contributed by atoms with Crippen molar-refractivity contribution in [3.05, 3.63) is 34.9 Å². The van der Waals surface area contributed by atoms with E-state index in [-0.39, 0.29) is 6.10 Å². The van der Waals surface area contributed by atoms with E-state index >= 15 is 0 Å². The van der Waals surface area contributed by atoms with Crippen LogP contribution in [0.25, 0.3) is 0 Å². The van der Waals surface area contributed by atoms with Crippen LogP contribution in [0.15, 0.2) is 18.2 Å². The average molecular weight is 232 g/mol. The lowest BCUT2D eigenvalue weighted by Crippen LogP contribution is -2.14. The first kappa shape index (κ1) is 12.3. The van der Waals surface area contributed by atoms with E-state index in [9.17, 15) is 4.79 Å². The van der Waals surface area contributed by atoms with Gasteiger partial charge in [0, 0.05) is 19.4 Å². The predicted octanol–water partition coefficient (Wildman–Crippen LogP) is 2.98. The summed E-state index contributed by atoms with van der Waals surface area (Å²) in [6.45, 7) is 5.00. The molecule has 1 aliphatic heterocycles. The van der Waals surface area contributed by atoms with Gasteiger partial charge in [0.2, 0.25) is 0 Å². The van der Waals surface area contributed by atoms with Crippen LogP contribution in [0.2, 0.25) is 0 Å². The Morgan fingerprint density at radius 1 is 1.35 bits per heavy atom. The molecule has 0 saturated carbocycles. The molecule has 2 heteroatoms. The molecule has 2 rings (SSSR count). The number of ketones is 1. The van der Waals surface area contributed by atoms with Gasteiger partial charge in [-0.2, -0.15) is 0 Å². The van der Waals surface area contributed by atoms with Crippen LogP contribution < -0.4 is 0 Å². The minimum absolute atomic E-state index is 0.175. The normalized spacial score (nSPS) is 19.5. The molecule has 1 fully saturated rings. The van der Waals surface area contributed by atoms with Crippen molar-refractivity contribution >= 4 is 5.78 Å². The van der Waals surface area contributed by atoms with Gasteiger partial charge in [0.1, 0.15) is 5.78 Å². The number of aryl methyl sites for hydroxylation is 2. The molecule has 1 saturated heterocycles. The molecule has 1 aromatic rings. The lowest BCUT2D eigenvalue weighted by Gasteiger charge is -2.09. The molecule has 1 atom stereocenters. The van der Waals surface area contributed by atoms with E-state index in [2.05, 4.69) is 32.0 Å². The summed E-state index contributed by atoms with van der Waals surface area (Å²) in [5.74, 6) is 0.292. The van der Waals surface area contributed by atoms with Gasteiger partial charge in [-0.05, 0) is 43.4 Å². The summed E-state index contributed by atoms with van der Waals surface area (Å²) in [6.07, 6.45) is 3.43. The zero-order chi connectivity index (χ0) is 12.3. The van der Waals surface area contributed by atoms with Crippen molar-refractivity contribution < 1.29 is 9.53 Å². The number of ether oxygens (including phenoxy) is 1. The highest BCUT2D eigenvalue weighted by molar-refractivity contribution is 5.81. The van der Waals surface area contributed by atoms with Crippen molar-refractivity contribution in [2.75, 3.05) is 6.61 Å². The molecule has 0 aliphatic carbocycles. The van der Waals surface area contributed by atoms with Crippen LogP contribution in [0.5, 0.6) is 0 Å². The van der Waals surface area contributed by atoms with Gasteiger partial charge in [-0.1, -0.05) is 18.2 Å². The molecule has 92 valence electrons. The van der Waals surface area contributed by atoms with E-state index in [1.807, 2.05) is 0 Å². The number of carbonyl (C=O) groups is 1. The third-order valence-electron chi connectivity index (χ3n) is 3.45. The van der Waals surface area contributed by atoms with Gasteiger partial charge in [0.25, 0.3) is 0 Å². The standard InChI is InChI=1S/C15H20O2/c1-11-5-6-13(8-12(11)2)9-14(16)10-15-4-3-7-17-15/h5-6,8,15H,3-4,7,9-10H2,1-2H3. The van der Waals surface area contributed by atoms with Crippen molar-refractivity contribution in [2.24, 2.45) is 0 Å². The van der Waals surface area contributed by atoms with Crippen molar-refractivity contribution in [2.45, 2.75) is 45.6 Å². The van der Waals surface area contributed by atoms with Crippen LogP contribution in [0.4, 0.5) is 0 Å². The lowest BCUT2D eigenvalue weighted by molar-refractivity contribution is -0.120. The highest BCUT2D eigenvalue weighted by atomic mass is 16.5. The van der Waals surface area contributed by atoms with Crippen molar-refractivity contribution in [3.8, 4) is 0 Å². The first-order valence-corrected chi connectivity index (χ1v) is 6.34. The zero-order valence-electron chi connectivity index (χ0n) is 10.7. The molecule has 0 amide bonds. The van der Waals surface area contributed by atoms with Crippen LogP contribution in [0.3, 0.4) is 0 Å². The average Bonchev–Trinajstić information content (AvgIpc) is 2.76. The molecule has 1 heterocycles. The van der Waals surface area contributed by atoms with Crippen LogP contribution >= 0.6 is 0 Å². The molecule has 0 bridgehead atoms. The number of hydrogen-bond donors (Lipinski definition) is 0. The summed E-state index contributed by atoms with van der Waals surface area (Å²) in [5, 5.41) is 0. The summed E-state index contributed by atoms with van der Waals surface area (Å²) in [7, 11) is 0. The summed E-state index contributed by atoms with van der Waals surface area (Å²) in [5.41, 5.74) is 3.66. The summed E-state index contributed by atoms with van der Waals surface area (Å²) in [4.78, 5) is 11.9. The number of Topliss-reactive ketones (excluding diaryl/α,β-unsaturated/α-hetero) is 1. The fourth-order valence-corrected chi connectivity index (χ4v) is 2.27. The number of benzene rings is 1. The molecular formula is C15H20O2. The smallest absolute Gasteiger partial charge is 0.139 e. The number of carbonyl (C=O) groups excluding carboxylic acids is 1. The number of hydrogen-bond acceptors (Lipinski definition) is 2. The maximum absolute atomic E-state index is 11.9. The molecule has 2 nitrogen and oxygen atoms in total. The number of rotatable bonds is 4. The largest absolute Gasteiger partial charge is 0.378 e. The third kappa shape index (κ3) is 3.40. The first-order chi connectivity index (χ1) is 8.15. The maximum Gasteiger partial charge on any atom is 0.139 e. The van der Waals surface area contributed by atoms with Gasteiger partial charge in [-0.3, -0.25) is 4.79 Å². The molecular weight excluding hydrogens is 212 g/mol. The lowest BCUT2D eigenvalue weighted by atomic mass is 10.00. The topological polar surface area (TPSA) is 26.3 Å². The highest BCUT2D eigenvalue weighted by Crippen LogP contribution is 2.17. The monoisotopic (exact) mass is 232 g/mol. The Bertz CT molecular complexity index is 403. The first-order valence-electron chi connectivity index (χ1n) is 6.34. The highest BCUT2D eigenvalue weighted by Gasteiger charge is 2.19. The van der Waals surface area contributed by atoms with Gasteiger partial charge < -0.3 is 4.74 Å². The minimum atomic E-state index is 0.175. The fraction of sp³-hybridized carbons (Fsp3) is 0.533. The van der Waals surface area contributed by atoms with E-state index in [4.69, 9.17) is 4.74 Å². The maximum atomic E-state index is 11.9. The van der Waals surface area contributed by atoms with Crippen LogP contribution in [0.1, 0.15) is 36.0 Å². The van der Waals surface area contributed by atoms with Crippen LogP contribution in [0, 0.1) is 13.8 Å². The van der Waals surface area contributed by atoms with Gasteiger partial charge in [-0.25, -0.2) is 0 Å². The molecule has 1 aliphatic rings. The van der Waals surface area contributed by atoms with Crippen molar-refractivity contribution in [1.82, 2.24) is 0 Å².